The number of benzene rings is 2. The maximum absolute atomic E-state index is 13.7. The van der Waals surface area contributed by atoms with Crippen LogP contribution in [0.15, 0.2) is 65.4 Å². The van der Waals surface area contributed by atoms with Crippen molar-refractivity contribution in [1.29, 1.82) is 0 Å². The Balaban J connectivity index is 1.61. The normalized spacial score (nSPS) is 14.1. The van der Waals surface area contributed by atoms with E-state index in [0.717, 1.165) is 5.56 Å². The van der Waals surface area contributed by atoms with Crippen molar-refractivity contribution in [2.45, 2.75) is 25.7 Å². The summed E-state index contributed by atoms with van der Waals surface area (Å²) >= 11 is 0. The largest absolute Gasteiger partial charge is 0.503 e. The first-order valence-corrected chi connectivity index (χ1v) is 12.0. The minimum absolute atomic E-state index is 0.00231. The van der Waals surface area contributed by atoms with Crippen LogP contribution in [0.1, 0.15) is 47.3 Å². The highest BCUT2D eigenvalue weighted by Gasteiger charge is 2.35. The molecule has 1 saturated heterocycles. The third kappa shape index (κ3) is 4.44. The molecule has 1 fully saturated rings. The molecule has 0 saturated carbocycles. The van der Waals surface area contributed by atoms with Crippen molar-refractivity contribution in [3.05, 3.63) is 77.7 Å². The lowest BCUT2D eigenvalue weighted by Crippen LogP contribution is -2.37. The number of ether oxygens (including phenoxy) is 1. The number of hydrogen-bond donors (Lipinski definition) is 2. The predicted octanol–water partition coefficient (Wildman–Crippen LogP) is 4.51. The predicted molar refractivity (Wildman–Crippen MR) is 135 cm³/mol. The SMILES string of the molecule is COc1ccc(C(=O)c2c(O)c(O)n(-c3ccc(-c4ccon4)cc3)c2C2CCN(C(C)=O)CC2)cc1. The van der Waals surface area contributed by atoms with Crippen molar-refractivity contribution in [2.75, 3.05) is 20.2 Å². The summed E-state index contributed by atoms with van der Waals surface area (Å²) < 4.78 is 11.7. The van der Waals surface area contributed by atoms with Crippen molar-refractivity contribution >= 4 is 11.7 Å². The Hall–Kier alpha value is -4.53. The quantitative estimate of drug-likeness (QED) is 0.373. The Kier molecular flexibility index (Phi) is 6.43. The van der Waals surface area contributed by atoms with E-state index in [2.05, 4.69) is 5.16 Å². The summed E-state index contributed by atoms with van der Waals surface area (Å²) in [5.74, 6) is -0.851. The van der Waals surface area contributed by atoms with Gasteiger partial charge in [0, 0.05) is 54.5 Å². The molecule has 190 valence electrons. The molecular formula is C28H27N3O6. The lowest BCUT2D eigenvalue weighted by Gasteiger charge is -2.32. The summed E-state index contributed by atoms with van der Waals surface area (Å²) in [6.45, 7) is 2.58. The van der Waals surface area contributed by atoms with Gasteiger partial charge in [-0.3, -0.25) is 14.2 Å². The van der Waals surface area contributed by atoms with E-state index in [1.165, 1.54) is 17.8 Å². The van der Waals surface area contributed by atoms with Crippen LogP contribution in [0.25, 0.3) is 16.9 Å². The van der Waals surface area contributed by atoms with Gasteiger partial charge < -0.3 is 24.4 Å². The molecule has 9 nitrogen and oxygen atoms in total. The molecule has 1 amide bonds. The molecule has 0 aliphatic carbocycles. The molecule has 0 spiro atoms. The molecule has 5 rings (SSSR count). The van der Waals surface area contributed by atoms with E-state index in [1.807, 2.05) is 12.1 Å². The molecule has 37 heavy (non-hydrogen) atoms. The number of piperidine rings is 1. The van der Waals surface area contributed by atoms with Crippen molar-refractivity contribution in [3.63, 3.8) is 0 Å². The smallest absolute Gasteiger partial charge is 0.240 e. The van der Waals surface area contributed by atoms with Crippen LogP contribution in [0.4, 0.5) is 0 Å². The fraction of sp³-hybridized carbons (Fsp3) is 0.250. The average molecular weight is 502 g/mol. The van der Waals surface area contributed by atoms with Crippen LogP contribution in [0.5, 0.6) is 17.4 Å². The maximum atomic E-state index is 13.7. The second-order valence-electron chi connectivity index (χ2n) is 9.04. The summed E-state index contributed by atoms with van der Waals surface area (Å²) in [4.78, 5) is 27.4. The first-order valence-electron chi connectivity index (χ1n) is 12.0. The number of carbonyl (C=O) groups is 2. The van der Waals surface area contributed by atoms with E-state index < -0.39 is 17.4 Å². The van der Waals surface area contributed by atoms with Gasteiger partial charge in [0.15, 0.2) is 11.5 Å². The number of aromatic nitrogens is 2. The molecule has 2 aromatic heterocycles. The Bertz CT molecular complexity index is 1410. The number of hydrogen-bond acceptors (Lipinski definition) is 7. The number of nitrogens with zero attached hydrogens (tertiary/aromatic N) is 3. The summed E-state index contributed by atoms with van der Waals surface area (Å²) in [6.07, 6.45) is 2.66. The van der Waals surface area contributed by atoms with Gasteiger partial charge in [0.05, 0.1) is 12.7 Å². The van der Waals surface area contributed by atoms with E-state index in [1.54, 1.807) is 54.5 Å². The van der Waals surface area contributed by atoms with Crippen LogP contribution in [0, 0.1) is 0 Å². The first-order chi connectivity index (χ1) is 17.9. The Morgan fingerprint density at radius 3 is 2.24 bits per heavy atom. The zero-order chi connectivity index (χ0) is 26.1. The van der Waals surface area contributed by atoms with Gasteiger partial charge in [-0.25, -0.2) is 0 Å². The van der Waals surface area contributed by atoms with Gasteiger partial charge in [0.2, 0.25) is 11.8 Å². The third-order valence-corrected chi connectivity index (χ3v) is 6.92. The fourth-order valence-corrected chi connectivity index (χ4v) is 4.93. The van der Waals surface area contributed by atoms with Crippen molar-refractivity contribution < 1.29 is 29.1 Å². The van der Waals surface area contributed by atoms with Gasteiger partial charge in [0.25, 0.3) is 0 Å². The molecule has 1 aliphatic heterocycles. The number of amides is 1. The van der Waals surface area contributed by atoms with Crippen molar-refractivity contribution in [1.82, 2.24) is 14.6 Å². The van der Waals surface area contributed by atoms with Gasteiger partial charge >= 0.3 is 0 Å². The Labute approximate surface area is 213 Å². The number of carbonyl (C=O) groups excluding carboxylic acids is 2. The number of methoxy groups -OCH3 is 1. The van der Waals surface area contributed by atoms with Gasteiger partial charge in [-0.15, -0.1) is 0 Å². The van der Waals surface area contributed by atoms with Crippen LogP contribution in [-0.4, -0.2) is 56.7 Å². The molecule has 1 aliphatic rings. The third-order valence-electron chi connectivity index (χ3n) is 6.92. The molecule has 0 bridgehead atoms. The van der Waals surface area contributed by atoms with E-state index >= 15 is 0 Å². The molecule has 9 heteroatoms. The number of aromatic hydroxyl groups is 2. The van der Waals surface area contributed by atoms with E-state index in [0.29, 0.717) is 54.3 Å². The topological polar surface area (TPSA) is 118 Å². The van der Waals surface area contributed by atoms with Crippen molar-refractivity contribution in [2.24, 2.45) is 0 Å². The minimum Gasteiger partial charge on any atom is -0.503 e. The Morgan fingerprint density at radius 2 is 1.68 bits per heavy atom. The zero-order valence-corrected chi connectivity index (χ0v) is 20.5. The molecule has 0 unspecified atom stereocenters. The summed E-state index contributed by atoms with van der Waals surface area (Å²) in [7, 11) is 1.54. The van der Waals surface area contributed by atoms with Crippen LogP contribution >= 0.6 is 0 Å². The van der Waals surface area contributed by atoms with Crippen LogP contribution in [-0.2, 0) is 4.79 Å². The molecule has 4 aromatic rings. The van der Waals surface area contributed by atoms with Crippen LogP contribution < -0.4 is 4.74 Å². The monoisotopic (exact) mass is 501 g/mol. The summed E-state index contributed by atoms with van der Waals surface area (Å²) in [5, 5.41) is 26.1. The van der Waals surface area contributed by atoms with Crippen LogP contribution in [0.2, 0.25) is 0 Å². The number of rotatable bonds is 6. The van der Waals surface area contributed by atoms with Crippen LogP contribution in [0.3, 0.4) is 0 Å². The average Bonchev–Trinajstić information content (AvgIpc) is 3.56. The second-order valence-corrected chi connectivity index (χ2v) is 9.04. The molecule has 0 atom stereocenters. The van der Waals surface area contributed by atoms with E-state index in [-0.39, 0.29) is 17.4 Å². The lowest BCUT2D eigenvalue weighted by molar-refractivity contribution is -0.129. The molecular weight excluding hydrogens is 474 g/mol. The standard InChI is InChI=1S/C28H27N3O6/c1-17(32)30-14-11-19(12-15-30)25-24(26(33)20-5-9-22(36-2)10-6-20)27(34)28(35)31(25)21-7-3-18(4-8-21)23-13-16-37-29-23/h3-10,13,16,19,34-35H,11-12,14-15H2,1-2H3. The molecule has 3 heterocycles. The second kappa shape index (κ2) is 9.85. The van der Waals surface area contributed by atoms with Gasteiger partial charge in [-0.2, -0.15) is 0 Å². The Morgan fingerprint density at radius 1 is 1.00 bits per heavy atom. The van der Waals surface area contributed by atoms with E-state index in [9.17, 15) is 19.8 Å². The lowest BCUT2D eigenvalue weighted by atomic mass is 9.88. The number of ketones is 1. The maximum Gasteiger partial charge on any atom is 0.240 e. The van der Waals surface area contributed by atoms with Gasteiger partial charge in [-0.1, -0.05) is 17.3 Å². The zero-order valence-electron chi connectivity index (χ0n) is 20.5. The molecule has 2 N–H and O–H groups in total. The highest BCUT2D eigenvalue weighted by Crippen LogP contribution is 2.45. The van der Waals surface area contributed by atoms with Crippen molar-refractivity contribution in [3.8, 4) is 34.3 Å². The highest BCUT2D eigenvalue weighted by atomic mass is 16.5. The van der Waals surface area contributed by atoms with E-state index in [4.69, 9.17) is 9.26 Å². The highest BCUT2D eigenvalue weighted by molar-refractivity contribution is 6.12. The summed E-state index contributed by atoms with van der Waals surface area (Å²) in [6, 6.07) is 15.6. The molecule has 0 radical (unpaired) electrons. The molecule has 2 aromatic carbocycles. The van der Waals surface area contributed by atoms with Gasteiger partial charge in [0.1, 0.15) is 17.7 Å². The minimum atomic E-state index is -0.467. The number of likely N-dealkylation sites (tertiary alicyclic amines) is 1. The fourth-order valence-electron chi connectivity index (χ4n) is 4.93. The summed E-state index contributed by atoms with van der Waals surface area (Å²) in [5.41, 5.74) is 3.00. The first kappa shape index (κ1) is 24.2. The van der Waals surface area contributed by atoms with Gasteiger partial charge in [-0.05, 0) is 49.2 Å².